The van der Waals surface area contributed by atoms with Crippen LogP contribution in [0.1, 0.15) is 47.5 Å². The monoisotopic (exact) mass is 243 g/mol. The number of carbonyl (C=O) groups excluding carboxylic acids is 1. The zero-order valence-corrected chi connectivity index (χ0v) is 11.1. The van der Waals surface area contributed by atoms with E-state index in [0.29, 0.717) is 6.42 Å². The van der Waals surface area contributed by atoms with Crippen molar-refractivity contribution in [2.45, 2.75) is 59.1 Å². The minimum Gasteiger partial charge on any atom is -0.455 e. The van der Waals surface area contributed by atoms with Gasteiger partial charge in [0.05, 0.1) is 0 Å². The van der Waals surface area contributed by atoms with Gasteiger partial charge in [-0.2, -0.15) is 0 Å². The number of hydrogen-bond donors (Lipinski definition) is 0. The molecule has 5 heteroatoms. The van der Waals surface area contributed by atoms with Crippen LogP contribution < -0.4 is 0 Å². The zero-order valence-electron chi connectivity index (χ0n) is 11.1. The Morgan fingerprint density at radius 1 is 1.47 bits per heavy atom. The van der Waals surface area contributed by atoms with Crippen LogP contribution in [0.2, 0.25) is 0 Å². The fourth-order valence-corrected chi connectivity index (χ4v) is 2.94. The van der Waals surface area contributed by atoms with Crippen LogP contribution in [-0.4, -0.2) is 22.5 Å². The van der Waals surface area contributed by atoms with Crippen LogP contribution in [0.15, 0.2) is 0 Å². The van der Waals surface area contributed by atoms with Crippen LogP contribution in [0.4, 0.5) is 0 Å². The maximum atomic E-state index is 11.5. The largest absolute Gasteiger partial charge is 0.455 e. The van der Waals surface area contributed by atoms with Gasteiger partial charge in [-0.05, 0) is 18.8 Å². The summed E-state index contributed by atoms with van der Waals surface area (Å²) in [5.41, 5.74) is -1.24. The van der Waals surface area contributed by atoms with E-state index in [-0.39, 0.29) is 16.3 Å². The highest BCUT2D eigenvalue weighted by Crippen LogP contribution is 2.52. The number of ether oxygens (including phenoxy) is 1. The molecule has 1 saturated carbocycles. The third-order valence-electron chi connectivity index (χ3n) is 4.48. The molecule has 0 saturated heterocycles. The molecule has 0 N–H and O–H groups in total. The maximum absolute atomic E-state index is 11.5. The van der Waals surface area contributed by atoms with Gasteiger partial charge in [-0.3, -0.25) is 14.9 Å². The fourth-order valence-electron chi connectivity index (χ4n) is 2.94. The second kappa shape index (κ2) is 4.27. The number of carbonyl (C=O) groups is 1. The summed E-state index contributed by atoms with van der Waals surface area (Å²) in [6, 6.07) is 0. The van der Waals surface area contributed by atoms with Gasteiger partial charge >= 0.3 is 5.97 Å². The van der Waals surface area contributed by atoms with Crippen molar-refractivity contribution in [3.05, 3.63) is 10.1 Å². The van der Waals surface area contributed by atoms with E-state index in [1.165, 1.54) is 6.92 Å². The highest BCUT2D eigenvalue weighted by Gasteiger charge is 2.63. The first-order valence-corrected chi connectivity index (χ1v) is 5.96. The van der Waals surface area contributed by atoms with Crippen molar-refractivity contribution in [3.63, 3.8) is 0 Å². The topological polar surface area (TPSA) is 69.4 Å². The first-order valence-electron chi connectivity index (χ1n) is 5.96. The van der Waals surface area contributed by atoms with E-state index in [1.54, 1.807) is 6.92 Å². The molecule has 5 nitrogen and oxygen atoms in total. The summed E-state index contributed by atoms with van der Waals surface area (Å²) in [7, 11) is 0. The van der Waals surface area contributed by atoms with Crippen molar-refractivity contribution in [1.82, 2.24) is 0 Å². The molecule has 1 aliphatic rings. The molecule has 1 aliphatic carbocycles. The maximum Gasteiger partial charge on any atom is 0.303 e. The SMILES string of the molecule is CC(=O)OC(C)C1([N+](=O)[O-])CCC(C)(C)C1C. The molecule has 1 rings (SSSR count). The first kappa shape index (κ1) is 13.9. The van der Waals surface area contributed by atoms with Gasteiger partial charge in [-0.1, -0.05) is 20.8 Å². The van der Waals surface area contributed by atoms with Crippen molar-refractivity contribution < 1.29 is 14.5 Å². The summed E-state index contributed by atoms with van der Waals surface area (Å²) in [5, 5.41) is 11.5. The molecule has 0 aromatic heterocycles. The molecule has 0 radical (unpaired) electrons. The number of hydrogen-bond acceptors (Lipinski definition) is 4. The summed E-state index contributed by atoms with van der Waals surface area (Å²) < 4.78 is 5.08. The second-order valence-electron chi connectivity index (χ2n) is 5.71. The Labute approximate surface area is 102 Å². The Hall–Kier alpha value is -1.13. The molecule has 3 atom stereocenters. The molecular weight excluding hydrogens is 222 g/mol. The van der Waals surface area contributed by atoms with Crippen molar-refractivity contribution in [1.29, 1.82) is 0 Å². The third kappa shape index (κ3) is 2.15. The summed E-state index contributed by atoms with van der Waals surface area (Å²) in [6.07, 6.45) is 0.551. The molecule has 0 aliphatic heterocycles. The standard InChI is InChI=1S/C12H21NO4/c1-8-11(4,5)6-7-12(8,13(15)16)9(2)17-10(3)14/h8-9H,6-7H2,1-5H3. The highest BCUT2D eigenvalue weighted by atomic mass is 16.6. The Kier molecular flexibility index (Phi) is 3.50. The average Bonchev–Trinajstić information content (AvgIpc) is 2.39. The van der Waals surface area contributed by atoms with Crippen LogP contribution >= 0.6 is 0 Å². The number of rotatable bonds is 3. The molecule has 0 aromatic carbocycles. The van der Waals surface area contributed by atoms with Gasteiger partial charge in [0, 0.05) is 24.2 Å². The van der Waals surface area contributed by atoms with Crippen LogP contribution in [-0.2, 0) is 9.53 Å². The van der Waals surface area contributed by atoms with E-state index in [9.17, 15) is 14.9 Å². The average molecular weight is 243 g/mol. The van der Waals surface area contributed by atoms with Gasteiger partial charge in [-0.25, -0.2) is 0 Å². The van der Waals surface area contributed by atoms with Gasteiger partial charge in [0.15, 0.2) is 6.10 Å². The van der Waals surface area contributed by atoms with Gasteiger partial charge < -0.3 is 4.74 Å². The fraction of sp³-hybridized carbons (Fsp3) is 0.917. The lowest BCUT2D eigenvalue weighted by molar-refractivity contribution is -0.590. The van der Waals surface area contributed by atoms with Crippen molar-refractivity contribution in [2.75, 3.05) is 0 Å². The lowest BCUT2D eigenvalue weighted by Crippen LogP contribution is -2.53. The molecular formula is C12H21NO4. The lowest BCUT2D eigenvalue weighted by Gasteiger charge is -2.34. The number of nitrogens with zero attached hydrogens (tertiary/aromatic N) is 1. The Morgan fingerprint density at radius 3 is 2.29 bits per heavy atom. The van der Waals surface area contributed by atoms with Crippen molar-refractivity contribution in [2.24, 2.45) is 11.3 Å². The summed E-state index contributed by atoms with van der Waals surface area (Å²) in [6.45, 7) is 8.86. The molecule has 98 valence electrons. The molecule has 0 aromatic rings. The third-order valence-corrected chi connectivity index (χ3v) is 4.48. The Morgan fingerprint density at radius 2 is 2.00 bits per heavy atom. The number of esters is 1. The zero-order chi connectivity index (χ0) is 13.4. The molecule has 0 spiro atoms. The minimum absolute atomic E-state index is 0.0958. The molecule has 0 amide bonds. The Bertz CT molecular complexity index is 339. The van der Waals surface area contributed by atoms with E-state index < -0.39 is 17.6 Å². The van der Waals surface area contributed by atoms with Gasteiger partial charge in [0.1, 0.15) is 0 Å². The van der Waals surface area contributed by atoms with Crippen LogP contribution in [0, 0.1) is 21.4 Å². The van der Waals surface area contributed by atoms with Crippen LogP contribution in [0.5, 0.6) is 0 Å². The van der Waals surface area contributed by atoms with E-state index in [4.69, 9.17) is 4.74 Å². The summed E-state index contributed by atoms with van der Waals surface area (Å²) in [5.74, 6) is -0.588. The van der Waals surface area contributed by atoms with E-state index in [2.05, 4.69) is 0 Å². The quantitative estimate of drug-likeness (QED) is 0.433. The van der Waals surface area contributed by atoms with Crippen LogP contribution in [0.25, 0.3) is 0 Å². The lowest BCUT2D eigenvalue weighted by atomic mass is 9.74. The highest BCUT2D eigenvalue weighted by molar-refractivity contribution is 5.66. The predicted molar refractivity (Wildman–Crippen MR) is 63.1 cm³/mol. The molecule has 17 heavy (non-hydrogen) atoms. The van der Waals surface area contributed by atoms with Gasteiger partial charge in [0.2, 0.25) is 0 Å². The van der Waals surface area contributed by atoms with E-state index in [1.807, 2.05) is 20.8 Å². The van der Waals surface area contributed by atoms with Gasteiger partial charge in [-0.15, -0.1) is 0 Å². The van der Waals surface area contributed by atoms with Gasteiger partial charge in [0.25, 0.3) is 5.54 Å². The molecule has 0 bridgehead atoms. The van der Waals surface area contributed by atoms with Crippen molar-refractivity contribution in [3.8, 4) is 0 Å². The second-order valence-corrected chi connectivity index (χ2v) is 5.71. The summed E-state index contributed by atoms with van der Waals surface area (Å²) >= 11 is 0. The molecule has 1 fully saturated rings. The normalized spacial score (nSPS) is 33.1. The number of nitro groups is 1. The minimum atomic E-state index is -1.14. The predicted octanol–water partition coefficient (Wildman–Crippen LogP) is 2.41. The Balaban J connectivity index is 3.08. The first-order chi connectivity index (χ1) is 7.64. The van der Waals surface area contributed by atoms with Crippen molar-refractivity contribution >= 4 is 5.97 Å². The smallest absolute Gasteiger partial charge is 0.303 e. The molecule has 3 unspecified atom stereocenters. The van der Waals surface area contributed by atoms with E-state index >= 15 is 0 Å². The summed E-state index contributed by atoms with van der Waals surface area (Å²) in [4.78, 5) is 22.2. The van der Waals surface area contributed by atoms with Crippen LogP contribution in [0.3, 0.4) is 0 Å². The molecule has 0 heterocycles. The van der Waals surface area contributed by atoms with E-state index in [0.717, 1.165) is 6.42 Å².